The summed E-state index contributed by atoms with van der Waals surface area (Å²) in [4.78, 5) is 57.5. The number of allylic oxidation sites excluding steroid dienone is 1. The summed E-state index contributed by atoms with van der Waals surface area (Å²) in [6.07, 6.45) is 7.28. The van der Waals surface area contributed by atoms with Gasteiger partial charge in [-0.2, -0.15) is 0 Å². The lowest BCUT2D eigenvalue weighted by molar-refractivity contribution is -0.158. The lowest BCUT2D eigenvalue weighted by Crippen LogP contribution is -2.55. The number of likely N-dealkylation sites (tertiary alicyclic amines) is 1. The van der Waals surface area contributed by atoms with Crippen LogP contribution in [0.1, 0.15) is 32.6 Å². The van der Waals surface area contributed by atoms with Gasteiger partial charge in [-0.25, -0.2) is 0 Å². The minimum atomic E-state index is -1.40. The van der Waals surface area contributed by atoms with Crippen LogP contribution in [-0.4, -0.2) is 90.9 Å². The van der Waals surface area contributed by atoms with E-state index in [-0.39, 0.29) is 50.4 Å². The first-order valence-corrected chi connectivity index (χ1v) is 14.2. The summed E-state index contributed by atoms with van der Waals surface area (Å²) in [6, 6.07) is 6.07. The molecule has 11 nitrogen and oxygen atoms in total. The predicted molar refractivity (Wildman–Crippen MR) is 148 cm³/mol. The largest absolute Gasteiger partial charge is 0.497 e. The van der Waals surface area contributed by atoms with Crippen LogP contribution in [0.2, 0.25) is 0 Å². The van der Waals surface area contributed by atoms with Crippen LogP contribution >= 0.6 is 0 Å². The minimum Gasteiger partial charge on any atom is -0.497 e. The molecule has 2 fully saturated rings. The Kier molecular flexibility index (Phi) is 8.46. The van der Waals surface area contributed by atoms with Gasteiger partial charge in [-0.1, -0.05) is 24.3 Å². The van der Waals surface area contributed by atoms with Crippen molar-refractivity contribution in [2.45, 2.75) is 56.5 Å². The Balaban J connectivity index is 1.56. The molecule has 0 aliphatic carbocycles. The van der Waals surface area contributed by atoms with Gasteiger partial charge in [-0.3, -0.25) is 19.2 Å². The smallest absolute Gasteiger partial charge is 0.313 e. The summed E-state index contributed by atoms with van der Waals surface area (Å²) in [5.41, 5.74) is -0.761. The number of amides is 3. The molecule has 4 aliphatic rings. The van der Waals surface area contributed by atoms with Gasteiger partial charge in [0.1, 0.15) is 29.4 Å². The molecule has 0 bridgehead atoms. The van der Waals surface area contributed by atoms with Crippen LogP contribution in [0.5, 0.6) is 5.75 Å². The summed E-state index contributed by atoms with van der Waals surface area (Å²) in [5, 5.41) is 12.2. The molecule has 3 amide bonds. The van der Waals surface area contributed by atoms with Crippen molar-refractivity contribution >= 4 is 29.4 Å². The van der Waals surface area contributed by atoms with E-state index in [0.717, 1.165) is 0 Å². The number of aliphatic hydroxyl groups is 1. The maximum Gasteiger partial charge on any atom is 0.313 e. The maximum atomic E-state index is 14.4. The monoisotopic (exact) mass is 567 g/mol. The van der Waals surface area contributed by atoms with E-state index >= 15 is 0 Å². The third-order valence-electron chi connectivity index (χ3n) is 8.23. The van der Waals surface area contributed by atoms with E-state index in [9.17, 15) is 24.3 Å². The third-order valence-corrected chi connectivity index (χ3v) is 8.23. The molecular formula is C30H37N3O8. The van der Waals surface area contributed by atoms with E-state index in [4.69, 9.17) is 14.2 Å². The molecule has 41 heavy (non-hydrogen) atoms. The average Bonchev–Trinajstić information content (AvgIpc) is 3.34. The molecule has 4 aliphatic heterocycles. The zero-order valence-corrected chi connectivity index (χ0v) is 23.4. The molecule has 2 saturated heterocycles. The van der Waals surface area contributed by atoms with E-state index in [1.54, 1.807) is 61.4 Å². The fraction of sp³-hybridized carbons (Fsp3) is 0.533. The first-order valence-electron chi connectivity index (χ1n) is 14.2. The van der Waals surface area contributed by atoms with Crippen molar-refractivity contribution in [1.82, 2.24) is 10.2 Å². The summed E-state index contributed by atoms with van der Waals surface area (Å²) < 4.78 is 17.6. The highest BCUT2D eigenvalue weighted by Gasteiger charge is 2.71. The van der Waals surface area contributed by atoms with Crippen molar-refractivity contribution in [1.29, 1.82) is 0 Å². The Hall–Kier alpha value is -3.70. The second-order valence-electron chi connectivity index (χ2n) is 10.9. The number of esters is 1. The molecule has 0 saturated carbocycles. The van der Waals surface area contributed by atoms with E-state index < -0.39 is 41.7 Å². The number of carbonyl (C=O) groups excluding carboxylic acids is 4. The third kappa shape index (κ3) is 5.36. The first-order chi connectivity index (χ1) is 19.8. The van der Waals surface area contributed by atoms with Gasteiger partial charge in [0.05, 0.1) is 25.7 Å². The van der Waals surface area contributed by atoms with Gasteiger partial charge in [-0.15, -0.1) is 0 Å². The van der Waals surface area contributed by atoms with Crippen LogP contribution in [0.25, 0.3) is 0 Å². The number of hydrogen-bond acceptors (Lipinski definition) is 8. The Bertz CT molecular complexity index is 1230. The van der Waals surface area contributed by atoms with Gasteiger partial charge in [0.25, 0.3) is 5.91 Å². The van der Waals surface area contributed by atoms with Crippen LogP contribution in [-0.2, 0) is 28.7 Å². The SMILES string of the molecule is COc1ccc(N2CC=C[C@@]34O[C@H]5/C=C\CCC(=O)NC[C@H](C)OC(=O)[C@H]5[C@@H]3C(=O)N(CCCCO)[C@H]4C2=O)cc1. The number of hydrogen-bond donors (Lipinski definition) is 2. The van der Waals surface area contributed by atoms with Gasteiger partial charge in [0.2, 0.25) is 11.8 Å². The molecule has 0 aromatic heterocycles. The van der Waals surface area contributed by atoms with Crippen LogP contribution in [0, 0.1) is 11.8 Å². The quantitative estimate of drug-likeness (QED) is 0.299. The standard InChI is InChI=1S/C30H37N3O8/c1-19-18-31-23(35)9-4-3-8-22-24(29(38)40-19)25-27(36)33(15-5-6-17-34)26-28(37)32(16-7-14-30(25,26)41-22)20-10-12-21(39-2)13-11-20/h3,7-8,10-14,19,22,24-26,34H,4-6,9,15-18H2,1-2H3,(H,31,35)/b8-3-/t19-,22-,24+,25+,26-,30+/m0/s1. The van der Waals surface area contributed by atoms with Gasteiger partial charge >= 0.3 is 5.97 Å². The molecule has 220 valence electrons. The predicted octanol–water partition coefficient (Wildman–Crippen LogP) is 1.35. The lowest BCUT2D eigenvalue weighted by Gasteiger charge is -2.35. The summed E-state index contributed by atoms with van der Waals surface area (Å²) in [6.45, 7) is 2.27. The fourth-order valence-electron chi connectivity index (χ4n) is 6.29. The van der Waals surface area contributed by atoms with Crippen molar-refractivity contribution in [3.8, 4) is 5.75 Å². The summed E-state index contributed by atoms with van der Waals surface area (Å²) in [5.74, 6) is -2.75. The zero-order valence-electron chi connectivity index (χ0n) is 23.4. The molecule has 2 N–H and O–H groups in total. The number of carbonyl (C=O) groups is 4. The molecular weight excluding hydrogens is 530 g/mol. The normalized spacial score (nSPS) is 32.6. The Labute approximate surface area is 239 Å². The highest BCUT2D eigenvalue weighted by molar-refractivity contribution is 6.05. The van der Waals surface area contributed by atoms with Crippen LogP contribution in [0.4, 0.5) is 5.69 Å². The van der Waals surface area contributed by atoms with Crippen molar-refractivity contribution < 1.29 is 38.5 Å². The fourth-order valence-corrected chi connectivity index (χ4v) is 6.29. The zero-order chi connectivity index (χ0) is 29.1. The molecule has 0 unspecified atom stereocenters. The minimum absolute atomic E-state index is 0.0418. The van der Waals surface area contributed by atoms with Gasteiger partial charge in [0.15, 0.2) is 0 Å². The van der Waals surface area contributed by atoms with Gasteiger partial charge in [-0.05, 0) is 50.5 Å². The second kappa shape index (κ2) is 12.0. The highest BCUT2D eigenvalue weighted by Crippen LogP contribution is 2.53. The number of nitrogens with zero attached hydrogens (tertiary/aromatic N) is 2. The number of aliphatic hydroxyl groups excluding tert-OH is 1. The molecule has 1 aromatic rings. The molecule has 1 spiro atoms. The van der Waals surface area contributed by atoms with Gasteiger partial charge in [0, 0.05) is 31.8 Å². The van der Waals surface area contributed by atoms with E-state index in [0.29, 0.717) is 30.7 Å². The second-order valence-corrected chi connectivity index (χ2v) is 10.9. The number of benzene rings is 1. The van der Waals surface area contributed by atoms with Gasteiger partial charge < -0.3 is 34.4 Å². The van der Waals surface area contributed by atoms with Crippen molar-refractivity contribution in [3.05, 3.63) is 48.6 Å². The van der Waals surface area contributed by atoms with E-state index in [1.165, 1.54) is 4.90 Å². The van der Waals surface area contributed by atoms with Crippen LogP contribution in [0.15, 0.2) is 48.6 Å². The molecule has 0 radical (unpaired) electrons. The number of cyclic esters (lactones) is 1. The molecule has 4 heterocycles. The number of rotatable bonds is 6. The van der Waals surface area contributed by atoms with E-state index in [2.05, 4.69) is 5.32 Å². The van der Waals surface area contributed by atoms with Crippen LogP contribution < -0.4 is 15.0 Å². The topological polar surface area (TPSA) is 135 Å². The molecule has 6 atom stereocenters. The number of methoxy groups -OCH3 is 1. The summed E-state index contributed by atoms with van der Waals surface area (Å²) >= 11 is 0. The number of nitrogens with one attached hydrogen (secondary N) is 1. The first kappa shape index (κ1) is 28.8. The van der Waals surface area contributed by atoms with Crippen molar-refractivity contribution in [3.63, 3.8) is 0 Å². The average molecular weight is 568 g/mol. The molecule has 1 aromatic carbocycles. The van der Waals surface area contributed by atoms with E-state index in [1.807, 2.05) is 6.08 Å². The number of unbranched alkanes of at least 4 members (excludes halogenated alkanes) is 1. The maximum absolute atomic E-state index is 14.4. The van der Waals surface area contributed by atoms with Crippen molar-refractivity contribution in [2.75, 3.05) is 38.3 Å². The van der Waals surface area contributed by atoms with Crippen LogP contribution in [0.3, 0.4) is 0 Å². The number of ether oxygens (including phenoxy) is 3. The molecule has 11 heteroatoms. The van der Waals surface area contributed by atoms with Crippen molar-refractivity contribution in [2.24, 2.45) is 11.8 Å². The number of fused-ring (bicyclic) bond motifs is 2. The Morgan fingerprint density at radius 1 is 1.10 bits per heavy atom. The summed E-state index contributed by atoms with van der Waals surface area (Å²) in [7, 11) is 1.57. The number of anilines is 1. The molecule has 5 rings (SSSR count). The Morgan fingerprint density at radius 2 is 1.88 bits per heavy atom. The lowest BCUT2D eigenvalue weighted by atomic mass is 9.78. The highest BCUT2D eigenvalue weighted by atomic mass is 16.6. The Morgan fingerprint density at radius 3 is 2.61 bits per heavy atom.